The van der Waals surface area contributed by atoms with Gasteiger partial charge in [0.25, 0.3) is 10.2 Å². The zero-order valence-electron chi connectivity index (χ0n) is 13.6. The van der Waals surface area contributed by atoms with Crippen LogP contribution < -0.4 is 0 Å². The van der Waals surface area contributed by atoms with Crippen LogP contribution in [0.2, 0.25) is 0 Å². The van der Waals surface area contributed by atoms with Gasteiger partial charge in [-0.1, -0.05) is 20.8 Å². The summed E-state index contributed by atoms with van der Waals surface area (Å²) in [5.41, 5.74) is 0.253. The van der Waals surface area contributed by atoms with E-state index >= 15 is 0 Å². The third kappa shape index (κ3) is 3.97. The Morgan fingerprint density at radius 1 is 1.05 bits per heavy atom. The lowest BCUT2D eigenvalue weighted by Gasteiger charge is -2.41. The minimum Gasteiger partial charge on any atom is -0.396 e. The topological polar surface area (TPSA) is 60.9 Å². The molecule has 1 N–H and O–H groups in total. The van der Waals surface area contributed by atoms with Crippen molar-refractivity contribution in [3.05, 3.63) is 0 Å². The van der Waals surface area contributed by atoms with Crippen molar-refractivity contribution in [3.63, 3.8) is 0 Å². The van der Waals surface area contributed by atoms with Gasteiger partial charge in [-0.15, -0.1) is 0 Å². The summed E-state index contributed by atoms with van der Waals surface area (Å²) in [6.07, 6.45) is 3.66. The van der Waals surface area contributed by atoms with Crippen molar-refractivity contribution < 1.29 is 13.5 Å². The van der Waals surface area contributed by atoms with Gasteiger partial charge in [0.05, 0.1) is 0 Å². The molecule has 2 aliphatic heterocycles. The van der Waals surface area contributed by atoms with Gasteiger partial charge in [-0.3, -0.25) is 0 Å². The van der Waals surface area contributed by atoms with E-state index < -0.39 is 10.2 Å². The van der Waals surface area contributed by atoms with Crippen molar-refractivity contribution in [1.29, 1.82) is 0 Å². The zero-order valence-corrected chi connectivity index (χ0v) is 14.4. The molecular weight excluding hydrogens is 288 g/mol. The van der Waals surface area contributed by atoms with Gasteiger partial charge >= 0.3 is 0 Å². The van der Waals surface area contributed by atoms with E-state index in [1.807, 2.05) is 0 Å². The molecule has 124 valence electrons. The summed E-state index contributed by atoms with van der Waals surface area (Å²) in [6.45, 7) is 9.11. The highest BCUT2D eigenvalue weighted by Gasteiger charge is 2.37. The van der Waals surface area contributed by atoms with Gasteiger partial charge < -0.3 is 5.11 Å². The Hall–Kier alpha value is -0.170. The summed E-state index contributed by atoms with van der Waals surface area (Å²) in [5, 5.41) is 9.27. The Bertz CT molecular complexity index is 436. The fourth-order valence-corrected chi connectivity index (χ4v) is 5.26. The number of aliphatic hydroxyl groups is 1. The predicted octanol–water partition coefficient (Wildman–Crippen LogP) is 1.69. The Kier molecular flexibility index (Phi) is 5.34. The van der Waals surface area contributed by atoms with Gasteiger partial charge in [-0.05, 0) is 42.9 Å². The molecule has 0 radical (unpaired) electrons. The lowest BCUT2D eigenvalue weighted by molar-refractivity contribution is 0.138. The van der Waals surface area contributed by atoms with E-state index in [2.05, 4.69) is 20.8 Å². The summed E-state index contributed by atoms with van der Waals surface area (Å²) >= 11 is 0. The van der Waals surface area contributed by atoms with Crippen LogP contribution in [0.15, 0.2) is 0 Å². The molecule has 1 atom stereocenters. The van der Waals surface area contributed by atoms with Crippen LogP contribution in [0.3, 0.4) is 0 Å². The minimum absolute atomic E-state index is 0.0815. The second kappa shape index (κ2) is 6.52. The average Bonchev–Trinajstić information content (AvgIpc) is 2.46. The SMILES string of the molecule is CC(C)(C)C1CCN(S(=O)(=O)N2CCCC(CO)C2)CC1. The van der Waals surface area contributed by atoms with E-state index in [4.69, 9.17) is 0 Å². The van der Waals surface area contributed by atoms with Crippen LogP contribution in [0.1, 0.15) is 46.5 Å². The van der Waals surface area contributed by atoms with E-state index in [-0.39, 0.29) is 17.9 Å². The maximum Gasteiger partial charge on any atom is 0.281 e. The zero-order chi connectivity index (χ0) is 15.7. The van der Waals surface area contributed by atoms with Crippen LogP contribution in [0, 0.1) is 17.3 Å². The number of nitrogens with zero attached hydrogens (tertiary/aromatic N) is 2. The molecule has 0 aromatic rings. The molecule has 2 fully saturated rings. The largest absolute Gasteiger partial charge is 0.396 e. The summed E-state index contributed by atoms with van der Waals surface area (Å²) in [7, 11) is -3.34. The lowest BCUT2D eigenvalue weighted by atomic mass is 9.76. The van der Waals surface area contributed by atoms with Gasteiger partial charge in [-0.25, -0.2) is 0 Å². The van der Waals surface area contributed by atoms with Crippen LogP contribution in [-0.2, 0) is 10.2 Å². The molecule has 0 bridgehead atoms. The van der Waals surface area contributed by atoms with E-state index in [9.17, 15) is 13.5 Å². The van der Waals surface area contributed by atoms with Gasteiger partial charge in [0, 0.05) is 32.8 Å². The molecule has 0 saturated carbocycles. The number of piperidine rings is 2. The second-order valence-electron chi connectivity index (χ2n) is 7.60. The highest BCUT2D eigenvalue weighted by Crippen LogP contribution is 2.35. The standard InChI is InChI=1S/C15H30N2O3S/c1-15(2,3)14-6-9-16(10-7-14)21(19,20)17-8-4-5-13(11-17)12-18/h13-14,18H,4-12H2,1-3H3. The third-order valence-corrected chi connectivity index (χ3v) is 7.07. The highest BCUT2D eigenvalue weighted by molar-refractivity contribution is 7.86. The second-order valence-corrected chi connectivity index (χ2v) is 9.52. The van der Waals surface area contributed by atoms with E-state index in [1.165, 1.54) is 0 Å². The smallest absolute Gasteiger partial charge is 0.281 e. The van der Waals surface area contributed by atoms with Gasteiger partial charge in [0.1, 0.15) is 0 Å². The Labute approximate surface area is 129 Å². The number of rotatable bonds is 3. The molecule has 0 spiro atoms. The summed E-state index contributed by atoms with van der Waals surface area (Å²) in [5.74, 6) is 0.691. The Morgan fingerprint density at radius 2 is 1.67 bits per heavy atom. The van der Waals surface area contributed by atoms with Crippen molar-refractivity contribution in [1.82, 2.24) is 8.61 Å². The van der Waals surface area contributed by atoms with Gasteiger partial charge in [0.15, 0.2) is 0 Å². The first-order chi connectivity index (χ1) is 9.75. The normalized spacial score (nSPS) is 27.9. The molecule has 2 heterocycles. The fourth-order valence-electron chi connectivity index (χ4n) is 3.50. The van der Waals surface area contributed by atoms with Gasteiger partial charge in [-0.2, -0.15) is 17.0 Å². The Balaban J connectivity index is 1.98. The summed E-state index contributed by atoms with van der Waals surface area (Å²) < 4.78 is 28.7. The quantitative estimate of drug-likeness (QED) is 0.861. The molecule has 2 saturated heterocycles. The van der Waals surface area contributed by atoms with E-state index in [0.717, 1.165) is 25.7 Å². The van der Waals surface area contributed by atoms with Crippen molar-refractivity contribution in [3.8, 4) is 0 Å². The van der Waals surface area contributed by atoms with Crippen LogP contribution >= 0.6 is 0 Å². The van der Waals surface area contributed by atoms with Crippen molar-refractivity contribution in [2.75, 3.05) is 32.8 Å². The van der Waals surface area contributed by atoms with Crippen molar-refractivity contribution in [2.24, 2.45) is 17.3 Å². The monoisotopic (exact) mass is 318 g/mol. The van der Waals surface area contributed by atoms with E-state index in [0.29, 0.717) is 32.1 Å². The predicted molar refractivity (Wildman–Crippen MR) is 84.1 cm³/mol. The van der Waals surface area contributed by atoms with Crippen molar-refractivity contribution >= 4 is 10.2 Å². The maximum absolute atomic E-state index is 12.7. The van der Waals surface area contributed by atoms with E-state index in [1.54, 1.807) is 8.61 Å². The van der Waals surface area contributed by atoms with Crippen LogP contribution in [0.4, 0.5) is 0 Å². The molecule has 2 rings (SSSR count). The lowest BCUT2D eigenvalue weighted by Crippen LogP contribution is -2.51. The summed E-state index contributed by atoms with van der Waals surface area (Å²) in [4.78, 5) is 0. The first-order valence-corrected chi connectivity index (χ1v) is 9.51. The van der Waals surface area contributed by atoms with Crippen LogP contribution in [0.25, 0.3) is 0 Å². The molecule has 0 aliphatic carbocycles. The third-order valence-electron chi connectivity index (χ3n) is 5.07. The molecule has 5 nitrogen and oxygen atoms in total. The maximum atomic E-state index is 12.7. The number of hydrogen-bond donors (Lipinski definition) is 1. The molecule has 0 amide bonds. The summed E-state index contributed by atoms with van der Waals surface area (Å²) in [6, 6.07) is 0. The Morgan fingerprint density at radius 3 is 2.19 bits per heavy atom. The first-order valence-electron chi connectivity index (χ1n) is 8.11. The van der Waals surface area contributed by atoms with Crippen LogP contribution in [-0.4, -0.2) is 54.9 Å². The molecule has 1 unspecified atom stereocenters. The molecular formula is C15H30N2O3S. The number of hydrogen-bond acceptors (Lipinski definition) is 3. The molecule has 0 aromatic carbocycles. The van der Waals surface area contributed by atoms with Crippen LogP contribution in [0.5, 0.6) is 0 Å². The molecule has 6 heteroatoms. The first kappa shape index (κ1) is 17.2. The van der Waals surface area contributed by atoms with Gasteiger partial charge in [0.2, 0.25) is 0 Å². The molecule has 21 heavy (non-hydrogen) atoms. The molecule has 0 aromatic heterocycles. The molecule has 2 aliphatic rings. The highest BCUT2D eigenvalue weighted by atomic mass is 32.2. The van der Waals surface area contributed by atoms with Crippen molar-refractivity contribution in [2.45, 2.75) is 46.5 Å². The average molecular weight is 318 g/mol. The minimum atomic E-state index is -3.34. The fraction of sp³-hybridized carbons (Fsp3) is 1.00. The number of aliphatic hydroxyl groups excluding tert-OH is 1.